The summed E-state index contributed by atoms with van der Waals surface area (Å²) in [5.74, 6) is -0.0754. The fourth-order valence-electron chi connectivity index (χ4n) is 1.86. The second kappa shape index (κ2) is 7.57. The van der Waals surface area contributed by atoms with Gasteiger partial charge < -0.3 is 20.2 Å². The van der Waals surface area contributed by atoms with Crippen LogP contribution in [0, 0.1) is 5.92 Å². The van der Waals surface area contributed by atoms with E-state index in [1.807, 2.05) is 26.8 Å². The molecule has 0 aliphatic heterocycles. The second-order valence-electron chi connectivity index (χ2n) is 5.25. The maximum atomic E-state index is 11.8. The van der Waals surface area contributed by atoms with E-state index >= 15 is 0 Å². The zero-order valence-corrected chi connectivity index (χ0v) is 12.1. The van der Waals surface area contributed by atoms with Crippen LogP contribution in [0.3, 0.4) is 0 Å². The maximum Gasteiger partial charge on any atom is 0.315 e. The van der Waals surface area contributed by atoms with Gasteiger partial charge in [0.15, 0.2) is 0 Å². The van der Waals surface area contributed by atoms with Gasteiger partial charge in [-0.05, 0) is 25.0 Å². The molecule has 2 atom stereocenters. The third-order valence-corrected chi connectivity index (χ3v) is 2.98. The van der Waals surface area contributed by atoms with Crippen LogP contribution in [0.5, 0.6) is 0 Å². The topological polar surface area (TPSA) is 91.6 Å². The highest BCUT2D eigenvalue weighted by atomic mass is 16.4. The Morgan fingerprint density at radius 2 is 2.00 bits per heavy atom. The summed E-state index contributed by atoms with van der Waals surface area (Å²) in [6, 6.07) is 2.80. The van der Waals surface area contributed by atoms with Crippen molar-refractivity contribution in [1.82, 2.24) is 10.6 Å². The molecule has 0 bridgehead atoms. The number of hydrogen-bond donors (Lipinski definition) is 3. The zero-order valence-electron chi connectivity index (χ0n) is 12.1. The molecule has 6 heteroatoms. The number of furan rings is 1. The molecule has 1 rings (SSSR count). The monoisotopic (exact) mass is 282 g/mol. The molecule has 1 aromatic rings. The molecular weight excluding hydrogens is 260 g/mol. The lowest BCUT2D eigenvalue weighted by Gasteiger charge is -2.22. The molecule has 0 saturated heterocycles. The van der Waals surface area contributed by atoms with Crippen molar-refractivity contribution < 1.29 is 19.1 Å². The van der Waals surface area contributed by atoms with Crippen LogP contribution in [-0.4, -0.2) is 29.2 Å². The molecule has 6 nitrogen and oxygen atoms in total. The van der Waals surface area contributed by atoms with Gasteiger partial charge in [-0.1, -0.05) is 13.8 Å². The van der Waals surface area contributed by atoms with Crippen LogP contribution in [0.25, 0.3) is 0 Å². The van der Waals surface area contributed by atoms with Crippen LogP contribution in [0.1, 0.15) is 33.0 Å². The van der Waals surface area contributed by atoms with Crippen LogP contribution in [0.2, 0.25) is 0 Å². The van der Waals surface area contributed by atoms with Gasteiger partial charge >= 0.3 is 12.0 Å². The summed E-state index contributed by atoms with van der Waals surface area (Å²) in [7, 11) is 0. The fourth-order valence-corrected chi connectivity index (χ4v) is 1.86. The smallest absolute Gasteiger partial charge is 0.315 e. The number of amides is 2. The van der Waals surface area contributed by atoms with Crippen molar-refractivity contribution in [2.45, 2.75) is 45.7 Å². The van der Waals surface area contributed by atoms with Crippen molar-refractivity contribution in [2.75, 3.05) is 0 Å². The largest absolute Gasteiger partial charge is 0.481 e. The summed E-state index contributed by atoms with van der Waals surface area (Å²) in [6.07, 6.45) is 2.09. The van der Waals surface area contributed by atoms with E-state index in [0.29, 0.717) is 6.42 Å². The van der Waals surface area contributed by atoms with E-state index in [2.05, 4.69) is 10.6 Å². The van der Waals surface area contributed by atoms with E-state index in [1.54, 1.807) is 12.3 Å². The summed E-state index contributed by atoms with van der Waals surface area (Å²) >= 11 is 0. The Morgan fingerprint density at radius 1 is 1.30 bits per heavy atom. The van der Waals surface area contributed by atoms with Crippen molar-refractivity contribution in [1.29, 1.82) is 0 Å². The Kier molecular flexibility index (Phi) is 6.09. The summed E-state index contributed by atoms with van der Waals surface area (Å²) in [5.41, 5.74) is 0. The zero-order chi connectivity index (χ0) is 15.1. The molecule has 0 fully saturated rings. The molecule has 0 radical (unpaired) electrons. The molecule has 0 saturated carbocycles. The average Bonchev–Trinajstić information content (AvgIpc) is 2.79. The van der Waals surface area contributed by atoms with Crippen molar-refractivity contribution >= 4 is 12.0 Å². The predicted molar refractivity (Wildman–Crippen MR) is 74.4 cm³/mol. The number of rotatable bonds is 7. The minimum atomic E-state index is -0.923. The Balaban J connectivity index is 2.42. The van der Waals surface area contributed by atoms with E-state index in [0.717, 1.165) is 5.76 Å². The molecule has 2 unspecified atom stereocenters. The molecule has 1 heterocycles. The standard InChI is InChI=1S/C14H22N2O4/c1-9(2)12(8-13(17)18)16-14(19)15-10(3)7-11-5-4-6-20-11/h4-6,9-10,12H,7-8H2,1-3H3,(H,17,18)(H2,15,16,19). The molecule has 1 aromatic heterocycles. The molecular formula is C14H22N2O4. The molecule has 2 amide bonds. The Morgan fingerprint density at radius 3 is 2.50 bits per heavy atom. The number of carboxylic acids is 1. The lowest BCUT2D eigenvalue weighted by Crippen LogP contribution is -2.48. The first-order chi connectivity index (χ1) is 9.38. The van der Waals surface area contributed by atoms with E-state index in [9.17, 15) is 9.59 Å². The van der Waals surface area contributed by atoms with Gasteiger partial charge in [-0.3, -0.25) is 4.79 Å². The van der Waals surface area contributed by atoms with E-state index in [1.165, 1.54) is 0 Å². The van der Waals surface area contributed by atoms with Crippen LogP contribution >= 0.6 is 0 Å². The van der Waals surface area contributed by atoms with Crippen molar-refractivity contribution in [3.63, 3.8) is 0 Å². The molecule has 3 N–H and O–H groups in total. The van der Waals surface area contributed by atoms with E-state index < -0.39 is 5.97 Å². The second-order valence-corrected chi connectivity index (χ2v) is 5.25. The third-order valence-electron chi connectivity index (χ3n) is 2.98. The van der Waals surface area contributed by atoms with Crippen molar-refractivity contribution in [3.05, 3.63) is 24.2 Å². The van der Waals surface area contributed by atoms with E-state index in [4.69, 9.17) is 9.52 Å². The maximum absolute atomic E-state index is 11.8. The quantitative estimate of drug-likeness (QED) is 0.713. The SMILES string of the molecule is CC(Cc1ccco1)NC(=O)NC(CC(=O)O)C(C)C. The van der Waals surface area contributed by atoms with Gasteiger partial charge in [-0.25, -0.2) is 4.79 Å². The predicted octanol–water partition coefficient (Wildman–Crippen LogP) is 2.01. The molecule has 20 heavy (non-hydrogen) atoms. The molecule has 0 spiro atoms. The molecule has 0 aliphatic carbocycles. The molecule has 0 aliphatic rings. The van der Waals surface area contributed by atoms with Gasteiger partial charge in [0.2, 0.25) is 0 Å². The van der Waals surface area contributed by atoms with Crippen LogP contribution < -0.4 is 10.6 Å². The van der Waals surface area contributed by atoms with Crippen LogP contribution in [0.4, 0.5) is 4.79 Å². The number of nitrogens with one attached hydrogen (secondary N) is 2. The molecule has 0 aromatic carbocycles. The summed E-state index contributed by atoms with van der Waals surface area (Å²) in [4.78, 5) is 22.6. The van der Waals surface area contributed by atoms with E-state index in [-0.39, 0.29) is 30.5 Å². The normalized spacial score (nSPS) is 13.8. The van der Waals surface area contributed by atoms with Crippen LogP contribution in [0.15, 0.2) is 22.8 Å². The first-order valence-corrected chi connectivity index (χ1v) is 6.69. The minimum absolute atomic E-state index is 0.0530. The van der Waals surface area contributed by atoms with Gasteiger partial charge in [0, 0.05) is 18.5 Å². The number of carbonyl (C=O) groups excluding carboxylic acids is 1. The number of carbonyl (C=O) groups is 2. The van der Waals surface area contributed by atoms with Gasteiger partial charge in [-0.15, -0.1) is 0 Å². The van der Waals surface area contributed by atoms with Gasteiger partial charge in [0.25, 0.3) is 0 Å². The summed E-state index contributed by atoms with van der Waals surface area (Å²) in [5, 5.41) is 14.3. The lowest BCUT2D eigenvalue weighted by molar-refractivity contribution is -0.137. The van der Waals surface area contributed by atoms with Gasteiger partial charge in [0.05, 0.1) is 12.7 Å². The number of urea groups is 1. The Bertz CT molecular complexity index is 428. The molecule has 112 valence electrons. The summed E-state index contributed by atoms with van der Waals surface area (Å²) < 4.78 is 5.21. The summed E-state index contributed by atoms with van der Waals surface area (Å²) in [6.45, 7) is 5.62. The minimum Gasteiger partial charge on any atom is -0.481 e. The van der Waals surface area contributed by atoms with Gasteiger partial charge in [0.1, 0.15) is 5.76 Å². The lowest BCUT2D eigenvalue weighted by atomic mass is 10.0. The van der Waals surface area contributed by atoms with Crippen molar-refractivity contribution in [2.24, 2.45) is 5.92 Å². The number of carboxylic acid groups (broad SMARTS) is 1. The van der Waals surface area contributed by atoms with Crippen molar-refractivity contribution in [3.8, 4) is 0 Å². The average molecular weight is 282 g/mol. The number of aliphatic carboxylic acids is 1. The first-order valence-electron chi connectivity index (χ1n) is 6.69. The van der Waals surface area contributed by atoms with Crippen LogP contribution in [-0.2, 0) is 11.2 Å². The Labute approximate surface area is 118 Å². The Hall–Kier alpha value is -1.98. The highest BCUT2D eigenvalue weighted by molar-refractivity contribution is 5.76. The van der Waals surface area contributed by atoms with Gasteiger partial charge in [-0.2, -0.15) is 0 Å². The third kappa shape index (κ3) is 5.77. The highest BCUT2D eigenvalue weighted by Gasteiger charge is 2.20. The fraction of sp³-hybridized carbons (Fsp3) is 0.571. The highest BCUT2D eigenvalue weighted by Crippen LogP contribution is 2.07. The number of hydrogen-bond acceptors (Lipinski definition) is 3. The first kappa shape index (κ1) is 16.1.